The first-order valence-electron chi connectivity index (χ1n) is 14.1. The average Bonchev–Trinajstić information content (AvgIpc) is 2.95. The molecule has 13 heteroatoms. The number of benzene rings is 1. The van der Waals surface area contributed by atoms with Gasteiger partial charge in [-0.05, 0) is 44.6 Å². The highest BCUT2D eigenvalue weighted by atomic mass is 16.2. The van der Waals surface area contributed by atoms with Crippen molar-refractivity contribution in [2.24, 2.45) is 11.7 Å². The lowest BCUT2D eigenvalue weighted by Crippen LogP contribution is -2.56. The zero-order valence-electron chi connectivity index (χ0n) is 24.6. The predicted octanol–water partition coefficient (Wildman–Crippen LogP) is 0.878. The van der Waals surface area contributed by atoms with E-state index in [9.17, 15) is 28.8 Å². The standard InChI is InChI=1S/C29H43BN6O6/c1-19(2)26(28(41)35-22(12-9-17-33-29(31)42)27(40)34-20(3)18-30)36-25(39)13-7-8-16-32-24(38)15-14-23(37)21-10-5-4-6-11-21/h4-6,10-11,14-15,19-20,22,26H,7-9,12-13,16-18H2,1-3H3,(H,32,38)(H,34,40)(H,35,41)(H,36,39)(H3,31,33,42)/b15-14+/t20-,22+,26?/m1/s1. The van der Waals surface area contributed by atoms with Crippen molar-refractivity contribution in [2.75, 3.05) is 13.1 Å². The molecular weight excluding hydrogens is 539 g/mol. The molecule has 228 valence electrons. The Bertz CT molecular complexity index is 1080. The lowest BCUT2D eigenvalue weighted by atomic mass is 9.98. The number of nitrogens with one attached hydrogen (secondary N) is 5. The lowest BCUT2D eigenvalue weighted by Gasteiger charge is -2.26. The van der Waals surface area contributed by atoms with Gasteiger partial charge in [-0.2, -0.15) is 0 Å². The average molecular weight is 583 g/mol. The molecule has 1 aromatic carbocycles. The fourth-order valence-electron chi connectivity index (χ4n) is 3.76. The molecule has 0 aliphatic carbocycles. The Morgan fingerprint density at radius 1 is 0.833 bits per heavy atom. The molecule has 12 nitrogen and oxygen atoms in total. The summed E-state index contributed by atoms with van der Waals surface area (Å²) in [7, 11) is 5.59. The minimum Gasteiger partial charge on any atom is -0.353 e. The first-order valence-corrected chi connectivity index (χ1v) is 14.1. The van der Waals surface area contributed by atoms with Crippen LogP contribution in [0.2, 0.25) is 6.32 Å². The van der Waals surface area contributed by atoms with Crippen LogP contribution in [0.4, 0.5) is 4.79 Å². The van der Waals surface area contributed by atoms with Crippen molar-refractivity contribution >= 4 is 43.3 Å². The molecule has 3 atom stereocenters. The maximum absolute atomic E-state index is 13.1. The van der Waals surface area contributed by atoms with E-state index in [1.807, 2.05) is 0 Å². The number of ketones is 1. The molecule has 0 saturated carbocycles. The molecule has 1 aromatic rings. The molecule has 42 heavy (non-hydrogen) atoms. The van der Waals surface area contributed by atoms with E-state index in [0.717, 1.165) is 0 Å². The van der Waals surface area contributed by atoms with E-state index in [1.165, 1.54) is 12.2 Å². The van der Waals surface area contributed by atoms with Crippen LogP contribution in [0.15, 0.2) is 42.5 Å². The molecule has 0 fully saturated rings. The van der Waals surface area contributed by atoms with Gasteiger partial charge < -0.3 is 32.3 Å². The van der Waals surface area contributed by atoms with Gasteiger partial charge in [-0.3, -0.25) is 24.0 Å². The van der Waals surface area contributed by atoms with Crippen molar-refractivity contribution < 1.29 is 28.8 Å². The van der Waals surface area contributed by atoms with Crippen LogP contribution in [-0.4, -0.2) is 74.5 Å². The second-order valence-corrected chi connectivity index (χ2v) is 10.2. The maximum atomic E-state index is 13.1. The van der Waals surface area contributed by atoms with Crippen molar-refractivity contribution in [3.05, 3.63) is 48.0 Å². The summed E-state index contributed by atoms with van der Waals surface area (Å²) in [5.41, 5.74) is 5.56. The van der Waals surface area contributed by atoms with Crippen LogP contribution in [0.1, 0.15) is 63.2 Å². The van der Waals surface area contributed by atoms with Gasteiger partial charge in [0.25, 0.3) is 0 Å². The van der Waals surface area contributed by atoms with Crippen LogP contribution >= 0.6 is 0 Å². The highest BCUT2D eigenvalue weighted by Crippen LogP contribution is 2.07. The van der Waals surface area contributed by atoms with Gasteiger partial charge in [-0.1, -0.05) is 50.5 Å². The van der Waals surface area contributed by atoms with Crippen LogP contribution in [0.25, 0.3) is 0 Å². The normalized spacial score (nSPS) is 13.0. The number of nitrogens with two attached hydrogens (primary N) is 1. The summed E-state index contributed by atoms with van der Waals surface area (Å²) in [6.07, 6.45) is 4.31. The molecule has 6 amide bonds. The van der Waals surface area contributed by atoms with Crippen LogP contribution in [0.3, 0.4) is 0 Å². The van der Waals surface area contributed by atoms with Crippen molar-refractivity contribution in [3.8, 4) is 0 Å². The Kier molecular flexibility index (Phi) is 16.9. The molecule has 0 aliphatic heterocycles. The zero-order chi connectivity index (χ0) is 31.5. The molecule has 1 unspecified atom stereocenters. The highest BCUT2D eigenvalue weighted by Gasteiger charge is 2.29. The minimum atomic E-state index is -0.903. The van der Waals surface area contributed by atoms with Gasteiger partial charge in [0, 0.05) is 37.2 Å². The number of hydrogen-bond acceptors (Lipinski definition) is 6. The van der Waals surface area contributed by atoms with E-state index in [-0.39, 0.29) is 49.4 Å². The molecular formula is C29H43BN6O6. The molecule has 1 rings (SSSR count). The maximum Gasteiger partial charge on any atom is 0.312 e. The molecule has 2 radical (unpaired) electrons. The van der Waals surface area contributed by atoms with Gasteiger partial charge in [-0.25, -0.2) is 4.79 Å². The number of carbonyl (C=O) groups excluding carboxylic acids is 6. The molecule has 7 N–H and O–H groups in total. The van der Waals surface area contributed by atoms with Gasteiger partial charge in [-0.15, -0.1) is 0 Å². The van der Waals surface area contributed by atoms with Crippen molar-refractivity contribution in [1.29, 1.82) is 0 Å². The fraction of sp³-hybridized carbons (Fsp3) is 0.517. The first kappa shape index (κ1) is 35.9. The van der Waals surface area contributed by atoms with E-state index < -0.39 is 35.8 Å². The zero-order valence-corrected chi connectivity index (χ0v) is 24.6. The largest absolute Gasteiger partial charge is 0.353 e. The summed E-state index contributed by atoms with van der Waals surface area (Å²) in [6.45, 7) is 5.83. The topological polar surface area (TPSA) is 189 Å². The Labute approximate surface area is 248 Å². The van der Waals surface area contributed by atoms with Crippen LogP contribution in [0, 0.1) is 5.92 Å². The van der Waals surface area contributed by atoms with Crippen molar-refractivity contribution in [1.82, 2.24) is 26.6 Å². The van der Waals surface area contributed by atoms with E-state index >= 15 is 0 Å². The van der Waals surface area contributed by atoms with E-state index in [0.29, 0.717) is 31.4 Å². The van der Waals surface area contributed by atoms with Gasteiger partial charge in [0.1, 0.15) is 12.1 Å². The minimum absolute atomic E-state index is 0.130. The molecule has 0 saturated heterocycles. The second kappa shape index (κ2) is 19.8. The summed E-state index contributed by atoms with van der Waals surface area (Å²) < 4.78 is 0. The van der Waals surface area contributed by atoms with Crippen LogP contribution in [-0.2, 0) is 19.2 Å². The molecule has 0 aromatic heterocycles. The fourth-order valence-corrected chi connectivity index (χ4v) is 3.76. The van der Waals surface area contributed by atoms with Crippen molar-refractivity contribution in [2.45, 2.75) is 77.3 Å². The number of rotatable bonds is 19. The van der Waals surface area contributed by atoms with E-state index in [1.54, 1.807) is 51.1 Å². The number of carbonyl (C=O) groups is 6. The van der Waals surface area contributed by atoms with Crippen molar-refractivity contribution in [3.63, 3.8) is 0 Å². The Balaban J connectivity index is 2.54. The summed E-state index contributed by atoms with van der Waals surface area (Å²) in [5, 5.41) is 13.3. The number of unbranched alkanes of at least 4 members (excludes halogenated alkanes) is 1. The molecule has 0 heterocycles. The molecule has 0 aliphatic rings. The SMILES string of the molecule is [B]C[C@@H](C)NC(=O)[C@H](CCCNC(N)=O)NC(=O)C(NC(=O)CCCCNC(=O)/C=C/C(=O)c1ccccc1)C(C)C. The Morgan fingerprint density at radius 2 is 1.50 bits per heavy atom. The Morgan fingerprint density at radius 3 is 2.12 bits per heavy atom. The number of hydrogen-bond donors (Lipinski definition) is 6. The Hall–Kier alpha value is -4.16. The van der Waals surface area contributed by atoms with Gasteiger partial charge >= 0.3 is 6.03 Å². The highest BCUT2D eigenvalue weighted by molar-refractivity contribution is 6.09. The third-order valence-electron chi connectivity index (χ3n) is 6.18. The van der Waals surface area contributed by atoms with E-state index in [2.05, 4.69) is 26.6 Å². The van der Waals surface area contributed by atoms with E-state index in [4.69, 9.17) is 13.6 Å². The summed E-state index contributed by atoms with van der Waals surface area (Å²) in [4.78, 5) is 73.3. The first-order chi connectivity index (χ1) is 19.9. The lowest BCUT2D eigenvalue weighted by molar-refractivity contribution is -0.133. The second-order valence-electron chi connectivity index (χ2n) is 10.2. The third kappa shape index (κ3) is 15.0. The quantitative estimate of drug-likeness (QED) is 0.0608. The molecule has 0 bridgehead atoms. The predicted molar refractivity (Wildman–Crippen MR) is 160 cm³/mol. The van der Waals surface area contributed by atoms with Crippen LogP contribution < -0.4 is 32.3 Å². The van der Waals surface area contributed by atoms with Gasteiger partial charge in [0.15, 0.2) is 5.78 Å². The van der Waals surface area contributed by atoms with Gasteiger partial charge in [0.05, 0.1) is 7.85 Å². The monoisotopic (exact) mass is 582 g/mol. The number of urea groups is 1. The third-order valence-corrected chi connectivity index (χ3v) is 6.18. The van der Waals surface area contributed by atoms with Crippen LogP contribution in [0.5, 0.6) is 0 Å². The number of primary amides is 1. The molecule has 0 spiro atoms. The summed E-state index contributed by atoms with van der Waals surface area (Å²) in [6, 6.07) is 5.82. The summed E-state index contributed by atoms with van der Waals surface area (Å²) in [5.74, 6) is -2.22. The number of allylic oxidation sites excluding steroid dienone is 1. The van der Waals surface area contributed by atoms with Gasteiger partial charge in [0.2, 0.25) is 23.6 Å². The summed E-state index contributed by atoms with van der Waals surface area (Å²) >= 11 is 0. The number of amides is 6. The smallest absolute Gasteiger partial charge is 0.312 e.